The van der Waals surface area contributed by atoms with Crippen LogP contribution < -0.4 is 0 Å². The van der Waals surface area contributed by atoms with Crippen LogP contribution in [0.4, 0.5) is 0 Å². The Labute approximate surface area is 413 Å². The van der Waals surface area contributed by atoms with Crippen molar-refractivity contribution in [3.8, 4) is 85.4 Å². The van der Waals surface area contributed by atoms with Crippen molar-refractivity contribution >= 4 is 33.5 Å². The fraction of sp³-hybridized carbons (Fsp3) is 0.0500. The number of fused-ring (bicyclic) bond motifs is 3. The maximum atomic E-state index is 5.48. The highest BCUT2D eigenvalue weighted by atomic mass is 15.2. The Balaban J connectivity index is 1.09. The number of hydrogen-bond donors (Lipinski definition) is 0. The van der Waals surface area contributed by atoms with Crippen LogP contribution in [0, 0.1) is 20.8 Å². The minimum Gasteiger partial charge on any atom is -0.276 e. The standard InChI is InChI=1S/C60H42N12/c1-37-19-4-13-31-49(37)70-55(64-46-28-16-34-61-58(46)70)43-25-10-7-22-40(43)52-67-53(41-23-8-11-26-44(41)56-65-47-29-17-35-62-59(47)71(56)50-32-14-5-20-38(50)2)69-54(68-52)42-24-9-12-27-45(42)57-66-48-30-18-36-63-60(48)72(57)51-33-15-6-21-39(51)3/h4-36H,1-3H3. The Bertz CT molecular complexity index is 3800. The number of rotatable bonds is 9. The van der Waals surface area contributed by atoms with E-state index < -0.39 is 0 Å². The van der Waals surface area contributed by atoms with E-state index in [1.165, 1.54) is 0 Å². The second-order valence-electron chi connectivity index (χ2n) is 17.7. The van der Waals surface area contributed by atoms with Gasteiger partial charge in [0.15, 0.2) is 34.4 Å². The molecule has 72 heavy (non-hydrogen) atoms. The van der Waals surface area contributed by atoms with Gasteiger partial charge in [-0.2, -0.15) is 0 Å². The molecule has 0 fully saturated rings. The zero-order valence-electron chi connectivity index (χ0n) is 39.4. The number of pyridine rings is 3. The van der Waals surface area contributed by atoms with Crippen LogP contribution in [0.2, 0.25) is 0 Å². The summed E-state index contributed by atoms with van der Waals surface area (Å²) in [7, 11) is 0. The summed E-state index contributed by atoms with van der Waals surface area (Å²) in [6, 6.07) is 61.1. The zero-order valence-corrected chi connectivity index (χ0v) is 39.4. The van der Waals surface area contributed by atoms with Crippen LogP contribution in [-0.2, 0) is 0 Å². The lowest BCUT2D eigenvalue weighted by atomic mass is 10.0. The topological polar surface area (TPSA) is 131 Å². The van der Waals surface area contributed by atoms with Gasteiger partial charge in [-0.15, -0.1) is 0 Å². The van der Waals surface area contributed by atoms with Gasteiger partial charge < -0.3 is 0 Å². The lowest BCUT2D eigenvalue weighted by Crippen LogP contribution is -2.06. The molecule has 0 aliphatic rings. The first-order valence-corrected chi connectivity index (χ1v) is 23.7. The van der Waals surface area contributed by atoms with Crippen LogP contribution in [0.3, 0.4) is 0 Å². The minimum absolute atomic E-state index is 0.453. The van der Waals surface area contributed by atoms with Gasteiger partial charge in [0.05, 0.1) is 17.1 Å². The third kappa shape index (κ3) is 7.03. The second-order valence-corrected chi connectivity index (χ2v) is 17.7. The molecule has 0 N–H and O–H groups in total. The summed E-state index contributed by atoms with van der Waals surface area (Å²) in [6.45, 7) is 6.31. The molecule has 7 heterocycles. The molecule has 0 aliphatic carbocycles. The first kappa shape index (κ1) is 42.3. The number of nitrogens with zero attached hydrogens (tertiary/aromatic N) is 12. The summed E-state index contributed by atoms with van der Waals surface area (Å²) in [5, 5.41) is 0. The summed E-state index contributed by atoms with van der Waals surface area (Å²) in [5.74, 6) is 3.48. The zero-order chi connectivity index (χ0) is 48.3. The Hall–Kier alpha value is -9.81. The van der Waals surface area contributed by atoms with Crippen LogP contribution in [-0.4, -0.2) is 58.6 Å². The summed E-state index contributed by atoms with van der Waals surface area (Å²) >= 11 is 0. The molecule has 0 bridgehead atoms. The van der Waals surface area contributed by atoms with E-state index in [0.29, 0.717) is 34.9 Å². The SMILES string of the molecule is Cc1ccccc1-n1c(-c2ccccc2-c2nc(-c3ccccc3-c3nc4cccnc4n3-c3ccccc3C)nc(-c3ccccc3-c3nc4cccnc4n3-c3ccccc3C)n2)nc2cccnc21. The molecule has 0 amide bonds. The van der Waals surface area contributed by atoms with Crippen molar-refractivity contribution in [1.29, 1.82) is 0 Å². The van der Waals surface area contributed by atoms with Gasteiger partial charge >= 0.3 is 0 Å². The van der Waals surface area contributed by atoms with Gasteiger partial charge in [0.1, 0.15) is 34.0 Å². The van der Waals surface area contributed by atoms with Crippen LogP contribution in [0.1, 0.15) is 16.7 Å². The number of imidazole rings is 3. The summed E-state index contributed by atoms with van der Waals surface area (Å²) in [6.07, 6.45) is 5.42. The van der Waals surface area contributed by atoms with E-state index in [9.17, 15) is 0 Å². The third-order valence-corrected chi connectivity index (χ3v) is 13.2. The van der Waals surface area contributed by atoms with Crippen molar-refractivity contribution in [1.82, 2.24) is 58.6 Å². The smallest absolute Gasteiger partial charge is 0.164 e. The fourth-order valence-electron chi connectivity index (χ4n) is 9.76. The van der Waals surface area contributed by atoms with Crippen molar-refractivity contribution in [3.63, 3.8) is 0 Å². The van der Waals surface area contributed by atoms with Crippen LogP contribution in [0.25, 0.3) is 119 Å². The van der Waals surface area contributed by atoms with E-state index in [1.807, 2.05) is 109 Å². The number of hydrogen-bond acceptors (Lipinski definition) is 9. The van der Waals surface area contributed by atoms with Gasteiger partial charge in [0, 0.05) is 52.0 Å². The van der Waals surface area contributed by atoms with E-state index in [-0.39, 0.29) is 0 Å². The second kappa shape index (κ2) is 17.3. The van der Waals surface area contributed by atoms with Gasteiger partial charge in [-0.25, -0.2) is 44.9 Å². The Morgan fingerprint density at radius 2 is 0.528 bits per heavy atom. The molecule has 13 rings (SSSR count). The number of aromatic nitrogens is 12. The quantitative estimate of drug-likeness (QED) is 0.139. The van der Waals surface area contributed by atoms with Crippen molar-refractivity contribution < 1.29 is 0 Å². The average molecular weight is 931 g/mol. The Morgan fingerprint density at radius 1 is 0.264 bits per heavy atom. The normalized spacial score (nSPS) is 11.5. The highest BCUT2D eigenvalue weighted by Gasteiger charge is 2.27. The van der Waals surface area contributed by atoms with Gasteiger partial charge in [0.25, 0.3) is 0 Å². The van der Waals surface area contributed by atoms with Crippen LogP contribution in [0.5, 0.6) is 0 Å². The van der Waals surface area contributed by atoms with Crippen molar-refractivity contribution in [3.05, 3.63) is 217 Å². The van der Waals surface area contributed by atoms with Crippen molar-refractivity contribution in [2.75, 3.05) is 0 Å². The number of benzene rings is 6. The fourth-order valence-corrected chi connectivity index (χ4v) is 9.76. The van der Waals surface area contributed by atoms with E-state index in [1.54, 1.807) is 18.6 Å². The molecule has 0 saturated heterocycles. The van der Waals surface area contributed by atoms with E-state index >= 15 is 0 Å². The predicted molar refractivity (Wildman–Crippen MR) is 284 cm³/mol. The average Bonchev–Trinajstić information content (AvgIpc) is 4.13. The lowest BCUT2D eigenvalue weighted by Gasteiger charge is -2.17. The van der Waals surface area contributed by atoms with Crippen molar-refractivity contribution in [2.45, 2.75) is 20.8 Å². The Morgan fingerprint density at radius 3 is 0.819 bits per heavy atom. The molecule has 0 radical (unpaired) electrons. The molecule has 7 aromatic heterocycles. The first-order chi connectivity index (χ1) is 35.5. The molecule has 0 atom stereocenters. The molecule has 342 valence electrons. The molecule has 13 aromatic rings. The molecule has 6 aromatic carbocycles. The summed E-state index contributed by atoms with van der Waals surface area (Å²) < 4.78 is 6.39. The minimum atomic E-state index is 0.453. The molecular weight excluding hydrogens is 889 g/mol. The molecule has 0 spiro atoms. The molecule has 0 saturated carbocycles. The highest BCUT2D eigenvalue weighted by Crippen LogP contribution is 2.41. The third-order valence-electron chi connectivity index (χ3n) is 13.2. The predicted octanol–water partition coefficient (Wildman–Crippen LogP) is 13.0. The maximum absolute atomic E-state index is 5.48. The molecule has 0 unspecified atom stereocenters. The maximum Gasteiger partial charge on any atom is 0.164 e. The van der Waals surface area contributed by atoms with Crippen molar-refractivity contribution in [2.24, 2.45) is 0 Å². The van der Waals surface area contributed by atoms with E-state index in [2.05, 4.69) is 107 Å². The molecule has 0 aliphatic heterocycles. The largest absolute Gasteiger partial charge is 0.276 e. The summed E-state index contributed by atoms with van der Waals surface area (Å²) in [5.41, 5.74) is 15.4. The number of aryl methyl sites for hydroxylation is 3. The number of para-hydroxylation sites is 3. The van der Waals surface area contributed by atoms with Gasteiger partial charge in [-0.1, -0.05) is 127 Å². The molecular formula is C60H42N12. The summed E-state index contributed by atoms with van der Waals surface area (Å²) in [4.78, 5) is 46.9. The molecule has 12 nitrogen and oxygen atoms in total. The highest BCUT2D eigenvalue weighted by molar-refractivity contribution is 5.91. The van der Waals surface area contributed by atoms with Crippen LogP contribution in [0.15, 0.2) is 201 Å². The van der Waals surface area contributed by atoms with E-state index in [0.717, 1.165) is 101 Å². The monoisotopic (exact) mass is 930 g/mol. The van der Waals surface area contributed by atoms with Gasteiger partial charge in [0.2, 0.25) is 0 Å². The lowest BCUT2D eigenvalue weighted by molar-refractivity contribution is 1.04. The first-order valence-electron chi connectivity index (χ1n) is 23.7. The van der Waals surface area contributed by atoms with E-state index in [4.69, 9.17) is 44.9 Å². The molecule has 12 heteroatoms. The van der Waals surface area contributed by atoms with Gasteiger partial charge in [-0.05, 0) is 92.1 Å². The van der Waals surface area contributed by atoms with Gasteiger partial charge in [-0.3, -0.25) is 13.7 Å². The Kier molecular flexibility index (Phi) is 10.2. The van der Waals surface area contributed by atoms with Crippen LogP contribution >= 0.6 is 0 Å².